The average Bonchev–Trinajstić information content (AvgIpc) is 3.11. The molecule has 0 radical (unpaired) electrons. The van der Waals surface area contributed by atoms with Crippen LogP contribution in [0.1, 0.15) is 41.6 Å². The third-order valence-electron chi connectivity index (χ3n) is 5.49. The van der Waals surface area contributed by atoms with Crippen molar-refractivity contribution in [1.29, 1.82) is 0 Å². The number of ketones is 1. The van der Waals surface area contributed by atoms with Crippen molar-refractivity contribution >= 4 is 21.7 Å². The zero-order chi connectivity index (χ0) is 22.8. The lowest BCUT2D eigenvalue weighted by atomic mass is 9.88. The standard InChI is InChI=1S/C21H27N3O6S/c1-13-20(15(3)30-22-13)31(27,28)23-14(2)21(26)24-11-9-17(10-12-24)19(25)16-5-7-18(29-4)8-6-16/h5-8,14,17,23H,9-12H2,1-4H3/t14-/m0/s1. The van der Waals surface area contributed by atoms with Gasteiger partial charge in [0.05, 0.1) is 13.2 Å². The minimum absolute atomic E-state index is 0.0434. The van der Waals surface area contributed by atoms with Gasteiger partial charge in [-0.05, 0) is 57.9 Å². The molecule has 1 aromatic carbocycles. The molecule has 1 fully saturated rings. The summed E-state index contributed by atoms with van der Waals surface area (Å²) in [5.74, 6) is 0.395. The lowest BCUT2D eigenvalue weighted by Crippen LogP contribution is -2.49. The fourth-order valence-electron chi connectivity index (χ4n) is 3.83. The van der Waals surface area contributed by atoms with Gasteiger partial charge in [-0.2, -0.15) is 4.72 Å². The van der Waals surface area contributed by atoms with Crippen molar-refractivity contribution in [3.8, 4) is 5.75 Å². The molecule has 9 nitrogen and oxygen atoms in total. The molecule has 0 unspecified atom stereocenters. The Labute approximate surface area is 181 Å². The fourth-order valence-corrected chi connectivity index (χ4v) is 5.35. The molecule has 1 aliphatic heterocycles. The SMILES string of the molecule is COc1ccc(C(=O)C2CCN(C(=O)[C@H](C)NS(=O)(=O)c3c(C)noc3C)CC2)cc1. The number of benzene rings is 1. The number of Topliss-reactive ketones (excluding diaryl/α,β-unsaturated/α-hetero) is 1. The van der Waals surface area contributed by atoms with Gasteiger partial charge in [-0.15, -0.1) is 0 Å². The summed E-state index contributed by atoms with van der Waals surface area (Å²) in [5.41, 5.74) is 0.855. The zero-order valence-electron chi connectivity index (χ0n) is 18.0. The molecule has 1 saturated heterocycles. The van der Waals surface area contributed by atoms with E-state index in [0.29, 0.717) is 37.2 Å². The van der Waals surface area contributed by atoms with E-state index in [0.717, 1.165) is 0 Å². The van der Waals surface area contributed by atoms with E-state index >= 15 is 0 Å². The van der Waals surface area contributed by atoms with E-state index < -0.39 is 16.1 Å². The van der Waals surface area contributed by atoms with Gasteiger partial charge in [-0.25, -0.2) is 8.42 Å². The first-order valence-corrected chi connectivity index (χ1v) is 11.5. The Balaban J connectivity index is 1.58. The number of nitrogens with zero attached hydrogens (tertiary/aromatic N) is 2. The second-order valence-electron chi connectivity index (χ2n) is 7.69. The number of hydrogen-bond acceptors (Lipinski definition) is 7. The molecule has 1 atom stereocenters. The lowest BCUT2D eigenvalue weighted by Gasteiger charge is -2.33. The monoisotopic (exact) mass is 449 g/mol. The molecule has 10 heteroatoms. The van der Waals surface area contributed by atoms with Gasteiger partial charge < -0.3 is 14.2 Å². The number of aryl methyl sites for hydroxylation is 2. The molecule has 0 saturated carbocycles. The van der Waals surface area contributed by atoms with E-state index in [-0.39, 0.29) is 34.0 Å². The van der Waals surface area contributed by atoms with Crippen LogP contribution >= 0.6 is 0 Å². The molecule has 2 heterocycles. The van der Waals surface area contributed by atoms with Crippen LogP contribution < -0.4 is 9.46 Å². The maximum absolute atomic E-state index is 12.8. The largest absolute Gasteiger partial charge is 0.497 e. The molecule has 0 aliphatic carbocycles. The molecule has 1 aliphatic rings. The summed E-state index contributed by atoms with van der Waals surface area (Å²) in [6.07, 6.45) is 1.06. The summed E-state index contributed by atoms with van der Waals surface area (Å²) in [4.78, 5) is 27.1. The van der Waals surface area contributed by atoms with E-state index in [9.17, 15) is 18.0 Å². The number of rotatable bonds is 7. The molecule has 168 valence electrons. The van der Waals surface area contributed by atoms with Gasteiger partial charge in [0.15, 0.2) is 11.5 Å². The smallest absolute Gasteiger partial charge is 0.246 e. The highest BCUT2D eigenvalue weighted by molar-refractivity contribution is 7.89. The van der Waals surface area contributed by atoms with E-state index in [2.05, 4.69) is 9.88 Å². The zero-order valence-corrected chi connectivity index (χ0v) is 18.9. The summed E-state index contributed by atoms with van der Waals surface area (Å²) in [6.45, 7) is 5.33. The van der Waals surface area contributed by atoms with Crippen molar-refractivity contribution in [2.75, 3.05) is 20.2 Å². The first kappa shape index (κ1) is 23.0. The topological polar surface area (TPSA) is 119 Å². The van der Waals surface area contributed by atoms with Crippen LogP contribution in [0.5, 0.6) is 5.75 Å². The summed E-state index contributed by atoms with van der Waals surface area (Å²) in [6, 6.07) is 6.03. The Morgan fingerprint density at radius 2 is 1.81 bits per heavy atom. The van der Waals surface area contributed by atoms with Gasteiger partial charge in [-0.3, -0.25) is 9.59 Å². The molecule has 31 heavy (non-hydrogen) atoms. The van der Waals surface area contributed by atoms with Crippen molar-refractivity contribution in [3.05, 3.63) is 41.3 Å². The molecular formula is C21H27N3O6S. The van der Waals surface area contributed by atoms with E-state index in [1.165, 1.54) is 20.8 Å². The number of carbonyl (C=O) groups excluding carboxylic acids is 2. The Morgan fingerprint density at radius 3 is 2.32 bits per heavy atom. The number of likely N-dealkylation sites (tertiary alicyclic amines) is 1. The molecule has 3 rings (SSSR count). The number of piperidine rings is 1. The van der Waals surface area contributed by atoms with Gasteiger partial charge >= 0.3 is 0 Å². The van der Waals surface area contributed by atoms with Gasteiger partial charge in [-0.1, -0.05) is 5.16 Å². The van der Waals surface area contributed by atoms with Crippen LogP contribution in [0.15, 0.2) is 33.7 Å². The number of amides is 1. The normalized spacial score (nSPS) is 16.2. The van der Waals surface area contributed by atoms with Gasteiger partial charge in [0, 0.05) is 24.6 Å². The quantitative estimate of drug-likeness (QED) is 0.643. The predicted molar refractivity (Wildman–Crippen MR) is 112 cm³/mol. The first-order valence-electron chi connectivity index (χ1n) is 10.1. The summed E-state index contributed by atoms with van der Waals surface area (Å²) >= 11 is 0. The van der Waals surface area contributed by atoms with Crippen LogP contribution in [-0.4, -0.2) is 56.4 Å². The number of nitrogens with one attached hydrogen (secondary N) is 1. The molecule has 1 amide bonds. The Morgan fingerprint density at radius 1 is 1.19 bits per heavy atom. The molecule has 2 aromatic rings. The van der Waals surface area contributed by atoms with E-state index in [4.69, 9.17) is 9.26 Å². The Bertz CT molecular complexity index is 1030. The van der Waals surface area contributed by atoms with Crippen molar-refractivity contribution in [2.24, 2.45) is 5.92 Å². The minimum atomic E-state index is -3.95. The summed E-state index contributed by atoms with van der Waals surface area (Å²) < 4.78 is 37.7. The van der Waals surface area contributed by atoms with Gasteiger partial charge in [0.2, 0.25) is 15.9 Å². The third kappa shape index (κ3) is 4.96. The maximum Gasteiger partial charge on any atom is 0.246 e. The predicted octanol–water partition coefficient (Wildman–Crippen LogP) is 2.09. The van der Waals surface area contributed by atoms with Crippen LogP contribution in [-0.2, 0) is 14.8 Å². The Kier molecular flexibility index (Phi) is 6.80. The second kappa shape index (κ2) is 9.19. The van der Waals surface area contributed by atoms with Crippen molar-refractivity contribution in [3.63, 3.8) is 0 Å². The summed E-state index contributed by atoms with van der Waals surface area (Å²) in [7, 11) is -2.38. The summed E-state index contributed by atoms with van der Waals surface area (Å²) in [5, 5.41) is 3.66. The van der Waals surface area contributed by atoms with Crippen molar-refractivity contribution < 1.29 is 27.3 Å². The average molecular weight is 450 g/mol. The highest BCUT2D eigenvalue weighted by Gasteiger charge is 2.33. The fraction of sp³-hybridized carbons (Fsp3) is 0.476. The number of carbonyl (C=O) groups is 2. The van der Waals surface area contributed by atoms with Gasteiger partial charge in [0.25, 0.3) is 0 Å². The minimum Gasteiger partial charge on any atom is -0.497 e. The second-order valence-corrected chi connectivity index (χ2v) is 9.34. The lowest BCUT2D eigenvalue weighted by molar-refractivity contribution is -0.133. The van der Waals surface area contributed by atoms with Crippen molar-refractivity contribution in [1.82, 2.24) is 14.8 Å². The molecule has 0 spiro atoms. The number of hydrogen-bond donors (Lipinski definition) is 1. The number of aromatic nitrogens is 1. The molecule has 0 bridgehead atoms. The molecule has 1 aromatic heterocycles. The van der Waals surface area contributed by atoms with Crippen LogP contribution in [0.25, 0.3) is 0 Å². The maximum atomic E-state index is 12.8. The highest BCUT2D eigenvalue weighted by atomic mass is 32.2. The first-order chi connectivity index (χ1) is 14.6. The van der Waals surface area contributed by atoms with E-state index in [1.54, 1.807) is 36.3 Å². The van der Waals surface area contributed by atoms with Crippen LogP contribution in [0, 0.1) is 19.8 Å². The van der Waals surface area contributed by atoms with Crippen LogP contribution in [0.3, 0.4) is 0 Å². The van der Waals surface area contributed by atoms with Gasteiger partial charge in [0.1, 0.15) is 16.3 Å². The van der Waals surface area contributed by atoms with Crippen LogP contribution in [0.2, 0.25) is 0 Å². The number of methoxy groups -OCH3 is 1. The van der Waals surface area contributed by atoms with E-state index in [1.807, 2.05) is 0 Å². The number of ether oxygens (including phenoxy) is 1. The third-order valence-corrected chi connectivity index (χ3v) is 7.28. The number of sulfonamides is 1. The van der Waals surface area contributed by atoms with Crippen molar-refractivity contribution in [2.45, 2.75) is 44.6 Å². The highest BCUT2D eigenvalue weighted by Crippen LogP contribution is 2.24. The molecular weight excluding hydrogens is 422 g/mol. The Hall–Kier alpha value is -2.72. The molecule has 1 N–H and O–H groups in total. The van der Waals surface area contributed by atoms with Crippen LogP contribution in [0.4, 0.5) is 0 Å².